The molecule has 12 heavy (non-hydrogen) atoms. The predicted molar refractivity (Wildman–Crippen MR) is 47.0 cm³/mol. The van der Waals surface area contributed by atoms with Gasteiger partial charge in [0.25, 0.3) is 0 Å². The first-order valence-corrected chi connectivity index (χ1v) is 3.83. The van der Waals surface area contributed by atoms with Crippen molar-refractivity contribution >= 4 is 12.7 Å². The molecule has 4 nitrogen and oxygen atoms in total. The summed E-state index contributed by atoms with van der Waals surface area (Å²) in [6, 6.07) is 1.59. The fraction of sp³-hybridized carbons (Fsp3) is 0.571. The SMILES string of the molecule is CC(C)(C)n1nccc1B(O)O. The molecule has 0 aliphatic heterocycles. The molecule has 5 heteroatoms. The van der Waals surface area contributed by atoms with Gasteiger partial charge in [-0.3, -0.25) is 4.68 Å². The van der Waals surface area contributed by atoms with E-state index in [1.807, 2.05) is 20.8 Å². The lowest BCUT2D eigenvalue weighted by atomic mass is 9.85. The third kappa shape index (κ3) is 1.68. The van der Waals surface area contributed by atoms with Gasteiger partial charge in [0, 0.05) is 6.20 Å². The van der Waals surface area contributed by atoms with Gasteiger partial charge in [0.05, 0.1) is 11.1 Å². The van der Waals surface area contributed by atoms with E-state index in [2.05, 4.69) is 5.10 Å². The van der Waals surface area contributed by atoms with Gasteiger partial charge in [-0.05, 0) is 26.8 Å². The molecule has 1 aromatic rings. The average molecular weight is 168 g/mol. The Morgan fingerprint density at radius 3 is 2.33 bits per heavy atom. The van der Waals surface area contributed by atoms with Crippen molar-refractivity contribution in [3.8, 4) is 0 Å². The molecule has 0 bridgehead atoms. The normalized spacial score (nSPS) is 11.8. The van der Waals surface area contributed by atoms with Crippen LogP contribution in [-0.2, 0) is 5.54 Å². The van der Waals surface area contributed by atoms with E-state index in [1.165, 1.54) is 0 Å². The van der Waals surface area contributed by atoms with Crippen LogP contribution in [0.2, 0.25) is 0 Å². The summed E-state index contributed by atoms with van der Waals surface area (Å²) in [6.07, 6.45) is 1.56. The van der Waals surface area contributed by atoms with E-state index in [0.717, 1.165) is 0 Å². The van der Waals surface area contributed by atoms with Crippen molar-refractivity contribution in [1.82, 2.24) is 9.78 Å². The van der Waals surface area contributed by atoms with E-state index in [4.69, 9.17) is 10.0 Å². The number of hydrogen-bond donors (Lipinski definition) is 2. The Hall–Kier alpha value is -0.805. The summed E-state index contributed by atoms with van der Waals surface area (Å²) in [7, 11) is -1.45. The second-order valence-corrected chi connectivity index (χ2v) is 3.71. The fourth-order valence-electron chi connectivity index (χ4n) is 1.07. The quantitative estimate of drug-likeness (QED) is 0.546. The average Bonchev–Trinajstić information content (AvgIpc) is 2.30. The topological polar surface area (TPSA) is 58.3 Å². The first-order valence-electron chi connectivity index (χ1n) is 3.83. The summed E-state index contributed by atoms with van der Waals surface area (Å²) < 4.78 is 1.59. The summed E-state index contributed by atoms with van der Waals surface area (Å²) in [4.78, 5) is 0. The minimum Gasteiger partial charge on any atom is -0.422 e. The minimum absolute atomic E-state index is 0.220. The molecule has 0 unspecified atom stereocenters. The van der Waals surface area contributed by atoms with E-state index >= 15 is 0 Å². The standard InChI is InChI=1S/C7H13BN2O2/c1-7(2,3)10-6(8(11)12)4-5-9-10/h4-5,11-12H,1-3H3. The van der Waals surface area contributed by atoms with E-state index in [-0.39, 0.29) is 5.54 Å². The van der Waals surface area contributed by atoms with Crippen molar-refractivity contribution in [2.24, 2.45) is 0 Å². The maximum atomic E-state index is 8.95. The molecule has 0 atom stereocenters. The van der Waals surface area contributed by atoms with Crippen LogP contribution < -0.4 is 5.59 Å². The van der Waals surface area contributed by atoms with Gasteiger partial charge in [-0.2, -0.15) is 5.10 Å². The van der Waals surface area contributed by atoms with Gasteiger partial charge in [0.1, 0.15) is 0 Å². The number of nitrogens with zero attached hydrogens (tertiary/aromatic N) is 2. The molecule has 0 aromatic carbocycles. The Labute approximate surface area is 72.0 Å². The van der Waals surface area contributed by atoms with Crippen molar-refractivity contribution < 1.29 is 10.0 Å². The van der Waals surface area contributed by atoms with Gasteiger partial charge in [-0.25, -0.2) is 0 Å². The highest BCUT2D eigenvalue weighted by atomic mass is 16.4. The predicted octanol–water partition coefficient (Wildman–Crippen LogP) is -0.682. The van der Waals surface area contributed by atoms with Gasteiger partial charge >= 0.3 is 7.12 Å². The molecular formula is C7H13BN2O2. The first-order chi connectivity index (χ1) is 5.43. The Morgan fingerprint density at radius 1 is 1.42 bits per heavy atom. The number of hydrogen-bond acceptors (Lipinski definition) is 3. The van der Waals surface area contributed by atoms with Crippen LogP contribution in [0.15, 0.2) is 12.3 Å². The fourth-order valence-corrected chi connectivity index (χ4v) is 1.07. The Kier molecular flexibility index (Phi) is 2.26. The van der Waals surface area contributed by atoms with Crippen LogP contribution in [0.25, 0.3) is 0 Å². The monoisotopic (exact) mass is 168 g/mol. The summed E-state index contributed by atoms with van der Waals surface area (Å²) in [6.45, 7) is 5.85. The van der Waals surface area contributed by atoms with Gasteiger partial charge in [0.15, 0.2) is 0 Å². The van der Waals surface area contributed by atoms with E-state index < -0.39 is 7.12 Å². The maximum absolute atomic E-state index is 8.95. The molecule has 1 rings (SSSR count). The highest BCUT2D eigenvalue weighted by Crippen LogP contribution is 2.09. The van der Waals surface area contributed by atoms with Crippen molar-refractivity contribution in [2.75, 3.05) is 0 Å². The largest absolute Gasteiger partial charge is 0.507 e. The second kappa shape index (κ2) is 2.92. The summed E-state index contributed by atoms with van der Waals surface area (Å²) in [5.41, 5.74) is 0.199. The zero-order valence-electron chi connectivity index (χ0n) is 7.52. The summed E-state index contributed by atoms with van der Waals surface area (Å²) in [5, 5.41) is 21.9. The molecule has 0 saturated carbocycles. The van der Waals surface area contributed by atoms with Gasteiger partial charge in [0.2, 0.25) is 0 Å². The van der Waals surface area contributed by atoms with Gasteiger partial charge in [-0.1, -0.05) is 0 Å². The molecular weight excluding hydrogens is 155 g/mol. The second-order valence-electron chi connectivity index (χ2n) is 3.71. The molecule has 0 fully saturated rings. The van der Waals surface area contributed by atoms with E-state index in [9.17, 15) is 0 Å². The third-order valence-corrected chi connectivity index (χ3v) is 1.57. The van der Waals surface area contributed by atoms with Crippen LogP contribution in [0.4, 0.5) is 0 Å². The first kappa shape index (κ1) is 9.28. The van der Waals surface area contributed by atoms with Crippen LogP contribution in [-0.4, -0.2) is 26.9 Å². The lowest BCUT2D eigenvalue weighted by Crippen LogP contribution is -2.42. The minimum atomic E-state index is -1.45. The molecule has 1 aromatic heterocycles. The summed E-state index contributed by atoms with van der Waals surface area (Å²) in [5.74, 6) is 0. The Bertz CT molecular complexity index is 265. The lowest BCUT2D eigenvalue weighted by molar-refractivity contribution is 0.351. The zero-order valence-corrected chi connectivity index (χ0v) is 7.52. The Morgan fingerprint density at radius 2 is 2.00 bits per heavy atom. The van der Waals surface area contributed by atoms with Crippen molar-refractivity contribution in [2.45, 2.75) is 26.3 Å². The van der Waals surface area contributed by atoms with Crippen LogP contribution >= 0.6 is 0 Å². The molecule has 66 valence electrons. The highest BCUT2D eigenvalue weighted by molar-refractivity contribution is 6.57. The number of aromatic nitrogens is 2. The smallest absolute Gasteiger partial charge is 0.422 e. The highest BCUT2D eigenvalue weighted by Gasteiger charge is 2.23. The van der Waals surface area contributed by atoms with Crippen LogP contribution in [0.1, 0.15) is 20.8 Å². The van der Waals surface area contributed by atoms with Crippen molar-refractivity contribution in [3.63, 3.8) is 0 Å². The van der Waals surface area contributed by atoms with Crippen molar-refractivity contribution in [3.05, 3.63) is 12.3 Å². The zero-order chi connectivity index (χ0) is 9.35. The van der Waals surface area contributed by atoms with Crippen LogP contribution in [0.5, 0.6) is 0 Å². The Balaban J connectivity index is 3.08. The molecule has 0 radical (unpaired) electrons. The molecule has 0 saturated heterocycles. The summed E-state index contributed by atoms with van der Waals surface area (Å²) >= 11 is 0. The molecule has 2 N–H and O–H groups in total. The van der Waals surface area contributed by atoms with E-state index in [0.29, 0.717) is 5.59 Å². The molecule has 0 aliphatic carbocycles. The van der Waals surface area contributed by atoms with Gasteiger partial charge < -0.3 is 10.0 Å². The van der Waals surface area contributed by atoms with Gasteiger partial charge in [-0.15, -0.1) is 0 Å². The maximum Gasteiger partial charge on any atom is 0.507 e. The molecule has 1 heterocycles. The molecule has 0 amide bonds. The van der Waals surface area contributed by atoms with E-state index in [1.54, 1.807) is 16.9 Å². The van der Waals surface area contributed by atoms with Crippen LogP contribution in [0.3, 0.4) is 0 Å². The van der Waals surface area contributed by atoms with Crippen LogP contribution in [0, 0.1) is 0 Å². The van der Waals surface area contributed by atoms with Crippen molar-refractivity contribution in [1.29, 1.82) is 0 Å². The third-order valence-electron chi connectivity index (χ3n) is 1.57. The lowest BCUT2D eigenvalue weighted by Gasteiger charge is -2.22. The molecule has 0 spiro atoms. The number of rotatable bonds is 1. The molecule has 0 aliphatic rings.